The van der Waals surface area contributed by atoms with Crippen molar-refractivity contribution in [2.45, 2.75) is 39.5 Å². The third-order valence-corrected chi connectivity index (χ3v) is 8.68. The Bertz CT molecular complexity index is 2060. The van der Waals surface area contributed by atoms with Gasteiger partial charge in [0.15, 0.2) is 0 Å². The number of amides is 2. The number of esters is 1. The number of benzene rings is 1. The van der Waals surface area contributed by atoms with Crippen molar-refractivity contribution in [1.82, 2.24) is 29.2 Å². The van der Waals surface area contributed by atoms with Gasteiger partial charge in [0.05, 0.1) is 48.2 Å². The smallest absolute Gasteiger partial charge is 0.490 e. The van der Waals surface area contributed by atoms with E-state index in [1.165, 1.54) is 13.3 Å². The number of carbonyl (C=O) groups is 4. The van der Waals surface area contributed by atoms with Crippen LogP contribution in [0.1, 0.15) is 50.2 Å². The maximum Gasteiger partial charge on any atom is 0.490 e. The average molecular weight is 853 g/mol. The Kier molecular flexibility index (Phi) is 15.3. The van der Waals surface area contributed by atoms with Crippen LogP contribution >= 0.6 is 15.9 Å². The largest absolute Gasteiger partial charge is 0.491 e. The fourth-order valence-corrected chi connectivity index (χ4v) is 5.89. The lowest BCUT2D eigenvalue weighted by atomic mass is 10.1. The van der Waals surface area contributed by atoms with Gasteiger partial charge >= 0.3 is 18.1 Å². The number of halogens is 4. The molecule has 0 spiro atoms. The summed E-state index contributed by atoms with van der Waals surface area (Å²) in [7, 11) is 1.31. The van der Waals surface area contributed by atoms with E-state index in [2.05, 4.69) is 41.5 Å². The Labute approximate surface area is 327 Å². The van der Waals surface area contributed by atoms with Crippen molar-refractivity contribution in [2.75, 3.05) is 63.7 Å². The number of aliphatic carboxylic acids is 1. The van der Waals surface area contributed by atoms with E-state index in [1.54, 1.807) is 28.9 Å². The number of fused-ring (bicyclic) bond motifs is 1. The number of carboxylic acid groups (broad SMARTS) is 1. The van der Waals surface area contributed by atoms with Gasteiger partial charge in [-0.3, -0.25) is 24.5 Å². The lowest BCUT2D eigenvalue weighted by molar-refractivity contribution is -0.192. The van der Waals surface area contributed by atoms with E-state index in [0.717, 1.165) is 31.7 Å². The van der Waals surface area contributed by atoms with E-state index in [9.17, 15) is 27.6 Å². The summed E-state index contributed by atoms with van der Waals surface area (Å²) in [6.07, 6.45) is 0.918. The molecule has 3 aromatic heterocycles. The molecule has 56 heavy (non-hydrogen) atoms. The van der Waals surface area contributed by atoms with Crippen LogP contribution in [0.15, 0.2) is 47.1 Å². The van der Waals surface area contributed by atoms with Crippen LogP contribution in [0.4, 0.5) is 24.9 Å². The summed E-state index contributed by atoms with van der Waals surface area (Å²) in [6.45, 7) is 9.38. The molecule has 0 aliphatic carbocycles. The van der Waals surface area contributed by atoms with Gasteiger partial charge < -0.3 is 34.9 Å². The molecule has 5 rings (SSSR count). The Morgan fingerprint density at radius 3 is 2.45 bits per heavy atom. The summed E-state index contributed by atoms with van der Waals surface area (Å²) in [5, 5.41) is 17.7. The molecule has 1 aromatic carbocycles. The molecule has 17 nitrogen and oxygen atoms in total. The molecule has 1 saturated heterocycles. The number of anilines is 2. The molecular weight excluding hydrogens is 811 g/mol. The number of nitrogens with two attached hydrogens (primary N) is 1. The molecule has 4 aromatic rings. The third kappa shape index (κ3) is 11.7. The van der Waals surface area contributed by atoms with Crippen LogP contribution in [0.2, 0.25) is 0 Å². The highest BCUT2D eigenvalue weighted by atomic mass is 79.9. The number of nitrogens with one attached hydrogen (secondary N) is 2. The number of pyridine rings is 1. The number of nitrogens with zero attached hydrogens (tertiary/aromatic N) is 6. The van der Waals surface area contributed by atoms with E-state index in [4.69, 9.17) is 34.8 Å². The summed E-state index contributed by atoms with van der Waals surface area (Å²) in [5.41, 5.74) is 8.42. The number of aromatic nitrogens is 5. The number of carboxylic acids is 1. The summed E-state index contributed by atoms with van der Waals surface area (Å²) in [5.74, 6) is -2.98. The monoisotopic (exact) mass is 851 g/mol. The molecule has 21 heteroatoms. The standard InChI is InChI=1S/C33H40BrN9O6.C2HF3O2/c1-4-43-26(16-21(2)40-43)31(45)39-33-38-25-18-22(29(35)44)19-27(49-13-7-9-41-11-14-48-15-12-41)28(25)42(33)10-6-5-8-36-30-24(34)17-23(20-37-30)32(46)47-3;3-2(4,5)1(6)7/h5-6,16-20H,4,7-15H2,1-3H3,(H2,35,44)(H,36,37)(H,38,39,45);(H,6,7)/b6-5+;. The SMILES string of the molecule is CCn1nc(C)cc1C(=O)Nc1nc2cc(C(N)=O)cc(OCCCN3CCOCC3)c2n1C/C=C/CNc1ncc(C(=O)OC)cc1Br.O=C(O)C(F)(F)F. The molecule has 0 saturated carbocycles. The first-order valence-electron chi connectivity index (χ1n) is 17.2. The van der Waals surface area contributed by atoms with Gasteiger partial charge in [0.1, 0.15) is 22.8 Å². The molecule has 0 atom stereocenters. The fraction of sp³-hybridized carbons (Fsp3) is 0.400. The van der Waals surface area contributed by atoms with Gasteiger partial charge in [0, 0.05) is 51.0 Å². The van der Waals surface area contributed by atoms with Crippen LogP contribution in [0.3, 0.4) is 0 Å². The number of carbonyl (C=O) groups excluding carboxylic acids is 3. The first-order valence-corrected chi connectivity index (χ1v) is 18.0. The van der Waals surface area contributed by atoms with Gasteiger partial charge in [0.2, 0.25) is 11.9 Å². The second-order valence-corrected chi connectivity index (χ2v) is 12.9. The number of hydrogen-bond donors (Lipinski definition) is 4. The van der Waals surface area contributed by atoms with E-state index in [0.29, 0.717) is 77.8 Å². The number of imidazole rings is 1. The number of aryl methyl sites for hydroxylation is 2. The van der Waals surface area contributed by atoms with Gasteiger partial charge in [0.25, 0.3) is 5.91 Å². The zero-order valence-corrected chi connectivity index (χ0v) is 32.3. The molecule has 2 amide bonds. The highest BCUT2D eigenvalue weighted by Crippen LogP contribution is 2.31. The summed E-state index contributed by atoms with van der Waals surface area (Å²) < 4.78 is 52.3. The maximum absolute atomic E-state index is 13.5. The minimum atomic E-state index is -5.08. The van der Waals surface area contributed by atoms with E-state index >= 15 is 0 Å². The van der Waals surface area contributed by atoms with E-state index in [-0.39, 0.29) is 17.4 Å². The van der Waals surface area contributed by atoms with Crippen LogP contribution in [0, 0.1) is 6.92 Å². The molecule has 0 bridgehead atoms. The number of hydrogen-bond acceptors (Lipinski definition) is 12. The number of primary amides is 1. The van der Waals surface area contributed by atoms with Crippen molar-refractivity contribution in [3.63, 3.8) is 0 Å². The predicted molar refractivity (Wildman–Crippen MR) is 201 cm³/mol. The molecule has 302 valence electrons. The number of alkyl halides is 3. The van der Waals surface area contributed by atoms with Crippen molar-refractivity contribution in [1.29, 1.82) is 0 Å². The number of ether oxygens (including phenoxy) is 3. The van der Waals surface area contributed by atoms with Crippen LogP contribution in [0.25, 0.3) is 11.0 Å². The lowest BCUT2D eigenvalue weighted by Gasteiger charge is -2.26. The summed E-state index contributed by atoms with van der Waals surface area (Å²) in [4.78, 5) is 57.8. The van der Waals surface area contributed by atoms with Gasteiger partial charge in [-0.1, -0.05) is 12.2 Å². The van der Waals surface area contributed by atoms with Crippen LogP contribution in [0.5, 0.6) is 5.75 Å². The molecule has 1 aliphatic rings. The molecule has 0 unspecified atom stereocenters. The molecule has 0 radical (unpaired) electrons. The zero-order chi connectivity index (χ0) is 41.0. The Morgan fingerprint density at radius 2 is 1.82 bits per heavy atom. The molecule has 1 aliphatic heterocycles. The van der Waals surface area contributed by atoms with Crippen molar-refractivity contribution < 1.29 is 51.7 Å². The van der Waals surface area contributed by atoms with Gasteiger partial charge in [-0.2, -0.15) is 18.3 Å². The summed E-state index contributed by atoms with van der Waals surface area (Å²) in [6, 6.07) is 6.56. The van der Waals surface area contributed by atoms with Gasteiger partial charge in [-0.05, 0) is 60.5 Å². The van der Waals surface area contributed by atoms with Gasteiger partial charge in [-0.25, -0.2) is 19.6 Å². The number of morpholine rings is 1. The minimum absolute atomic E-state index is 0.244. The second kappa shape index (κ2) is 19.9. The quantitative estimate of drug-likeness (QED) is 0.0748. The van der Waals surface area contributed by atoms with Crippen molar-refractivity contribution >= 4 is 62.5 Å². The molecule has 1 fully saturated rings. The molecule has 5 N–H and O–H groups in total. The maximum atomic E-state index is 13.5. The summed E-state index contributed by atoms with van der Waals surface area (Å²) >= 11 is 3.44. The number of methoxy groups -OCH3 is 1. The lowest BCUT2D eigenvalue weighted by Crippen LogP contribution is -2.37. The van der Waals surface area contributed by atoms with Crippen LogP contribution in [-0.2, 0) is 27.4 Å². The van der Waals surface area contributed by atoms with E-state index < -0.39 is 24.0 Å². The van der Waals surface area contributed by atoms with Crippen LogP contribution < -0.4 is 21.1 Å². The van der Waals surface area contributed by atoms with Crippen molar-refractivity contribution in [3.8, 4) is 5.75 Å². The molecule has 4 heterocycles. The number of allylic oxidation sites excluding steroid dienone is 1. The third-order valence-electron chi connectivity index (χ3n) is 8.08. The van der Waals surface area contributed by atoms with Crippen molar-refractivity contribution in [3.05, 3.63) is 69.6 Å². The van der Waals surface area contributed by atoms with E-state index in [1.807, 2.05) is 30.6 Å². The fourth-order valence-electron chi connectivity index (χ4n) is 5.40. The second-order valence-electron chi connectivity index (χ2n) is 12.1. The van der Waals surface area contributed by atoms with Crippen LogP contribution in [-0.4, -0.2) is 117 Å². The Hall–Kier alpha value is -5.54. The first-order chi connectivity index (χ1) is 26.6. The van der Waals surface area contributed by atoms with Crippen molar-refractivity contribution in [2.24, 2.45) is 5.73 Å². The number of rotatable bonds is 15. The average Bonchev–Trinajstić information content (AvgIpc) is 3.72. The zero-order valence-electron chi connectivity index (χ0n) is 30.7. The Balaban J connectivity index is 0.000000908. The first kappa shape index (κ1) is 43.2. The Morgan fingerprint density at radius 1 is 1.11 bits per heavy atom. The highest BCUT2D eigenvalue weighted by Gasteiger charge is 2.38. The highest BCUT2D eigenvalue weighted by molar-refractivity contribution is 9.10. The predicted octanol–water partition coefficient (Wildman–Crippen LogP) is 4.26. The topological polar surface area (TPSA) is 218 Å². The molecular formula is C35H41BrF3N9O8. The van der Waals surface area contributed by atoms with Gasteiger partial charge in [-0.15, -0.1) is 0 Å². The minimum Gasteiger partial charge on any atom is -0.491 e. The normalized spacial score (nSPS) is 13.3.